The van der Waals surface area contributed by atoms with Crippen LogP contribution in [0.3, 0.4) is 0 Å². The molecule has 0 aliphatic heterocycles. The summed E-state index contributed by atoms with van der Waals surface area (Å²) in [6.07, 6.45) is 1.05. The lowest BCUT2D eigenvalue weighted by Gasteiger charge is -2.09. The first-order valence-electron chi connectivity index (χ1n) is 4.54. The van der Waals surface area contributed by atoms with Gasteiger partial charge in [0, 0.05) is 20.3 Å². The van der Waals surface area contributed by atoms with Gasteiger partial charge < -0.3 is 0 Å². The monoisotopic (exact) mass is 286 g/mol. The molecule has 0 aliphatic carbocycles. The third kappa shape index (κ3) is 1.62. The molecule has 1 aromatic heterocycles. The second kappa shape index (κ2) is 4.25. The van der Waals surface area contributed by atoms with Crippen LogP contribution in [0.15, 0.2) is 22.4 Å². The van der Waals surface area contributed by atoms with Crippen molar-refractivity contribution in [3.05, 3.63) is 28.6 Å². The maximum Gasteiger partial charge on any atom is 0.0357 e. The van der Waals surface area contributed by atoms with Crippen molar-refractivity contribution in [1.82, 2.24) is 0 Å². The van der Waals surface area contributed by atoms with Crippen LogP contribution in [0, 0.1) is 0 Å². The highest BCUT2D eigenvalue weighted by Gasteiger charge is 2.09. The Kier molecular flexibility index (Phi) is 3.20. The largest absolute Gasteiger partial charge is 0.144 e. The highest BCUT2D eigenvalue weighted by Crippen LogP contribution is 2.33. The van der Waals surface area contributed by atoms with Gasteiger partial charge in [0.25, 0.3) is 0 Å². The fourth-order valence-corrected chi connectivity index (χ4v) is 3.63. The van der Waals surface area contributed by atoms with E-state index in [1.165, 1.54) is 21.2 Å². The van der Waals surface area contributed by atoms with Crippen LogP contribution < -0.4 is 0 Å². The predicted octanol–water partition coefficient (Wildman–Crippen LogP) is 4.65. The maximum absolute atomic E-state index is 4.62. The van der Waals surface area contributed by atoms with E-state index in [9.17, 15) is 0 Å². The summed E-state index contributed by atoms with van der Waals surface area (Å²) in [5.41, 5.74) is 2.74. The van der Waals surface area contributed by atoms with Crippen LogP contribution in [-0.2, 0) is 11.8 Å². The van der Waals surface area contributed by atoms with E-state index in [1.807, 2.05) is 0 Å². The van der Waals surface area contributed by atoms with E-state index in [2.05, 4.69) is 53.0 Å². The number of fused-ring (bicyclic) bond motifs is 1. The molecule has 2 rings (SSSR count). The Morgan fingerprint density at radius 2 is 2.29 bits per heavy atom. The molecule has 0 bridgehead atoms. The molecule has 0 saturated carbocycles. The molecule has 0 unspecified atom stereocenters. The van der Waals surface area contributed by atoms with Crippen LogP contribution in [0.25, 0.3) is 10.1 Å². The van der Waals surface area contributed by atoms with Gasteiger partial charge in [0.15, 0.2) is 0 Å². The van der Waals surface area contributed by atoms with E-state index >= 15 is 0 Å². The Morgan fingerprint density at radius 3 is 2.93 bits per heavy atom. The molecule has 0 atom stereocenters. The zero-order chi connectivity index (χ0) is 10.1. The molecule has 0 nitrogen and oxygen atoms in total. The molecule has 2 aromatic rings. The summed E-state index contributed by atoms with van der Waals surface area (Å²) in [6, 6.07) is 4.42. The fourth-order valence-electron chi connectivity index (χ4n) is 1.70. The molecule has 1 heterocycles. The Labute approximate surface area is 102 Å². The van der Waals surface area contributed by atoms with Crippen molar-refractivity contribution < 1.29 is 0 Å². The van der Waals surface area contributed by atoms with Gasteiger partial charge in [0.05, 0.1) is 0 Å². The average molecular weight is 287 g/mol. The number of rotatable bonds is 2. The number of thiol groups is 1. The fraction of sp³-hybridized carbons (Fsp3) is 0.273. The van der Waals surface area contributed by atoms with Gasteiger partial charge in [-0.3, -0.25) is 0 Å². The van der Waals surface area contributed by atoms with Gasteiger partial charge in [-0.25, -0.2) is 0 Å². The van der Waals surface area contributed by atoms with Crippen molar-refractivity contribution in [2.75, 3.05) is 0 Å². The Bertz CT molecular complexity index is 460. The number of hydrogen-bond donors (Lipinski definition) is 1. The summed E-state index contributed by atoms with van der Waals surface area (Å²) in [4.78, 5) is 1.15. The average Bonchev–Trinajstić information content (AvgIpc) is 2.65. The summed E-state index contributed by atoms with van der Waals surface area (Å²) in [7, 11) is 0. The summed E-state index contributed by atoms with van der Waals surface area (Å²) in [5.74, 6) is 0. The van der Waals surface area contributed by atoms with Crippen molar-refractivity contribution in [2.24, 2.45) is 0 Å². The molecule has 0 amide bonds. The quantitative estimate of drug-likeness (QED) is 0.603. The first-order valence-corrected chi connectivity index (χ1v) is 6.99. The second-order valence-corrected chi connectivity index (χ2v) is 5.14. The number of hydrogen-bond acceptors (Lipinski definition) is 2. The van der Waals surface area contributed by atoms with E-state index < -0.39 is 0 Å². The highest BCUT2D eigenvalue weighted by molar-refractivity contribution is 9.08. The molecular formula is C11H11BrS2. The number of halogens is 1. The van der Waals surface area contributed by atoms with Gasteiger partial charge >= 0.3 is 0 Å². The predicted molar refractivity (Wildman–Crippen MR) is 71.1 cm³/mol. The lowest BCUT2D eigenvalue weighted by molar-refractivity contribution is 1.07. The third-order valence-electron chi connectivity index (χ3n) is 2.43. The van der Waals surface area contributed by atoms with E-state index in [4.69, 9.17) is 0 Å². The lowest BCUT2D eigenvalue weighted by atomic mass is 10.0. The van der Waals surface area contributed by atoms with Crippen LogP contribution in [0.2, 0.25) is 0 Å². The van der Waals surface area contributed by atoms with Gasteiger partial charge in [-0.2, -0.15) is 0 Å². The Morgan fingerprint density at radius 1 is 1.50 bits per heavy atom. The van der Waals surface area contributed by atoms with Crippen LogP contribution in [0.1, 0.15) is 18.1 Å². The van der Waals surface area contributed by atoms with Gasteiger partial charge in [0.1, 0.15) is 0 Å². The molecule has 0 saturated heterocycles. The highest BCUT2D eigenvalue weighted by atomic mass is 79.9. The van der Waals surface area contributed by atoms with Crippen LogP contribution in [-0.4, -0.2) is 0 Å². The van der Waals surface area contributed by atoms with Crippen molar-refractivity contribution in [3.8, 4) is 0 Å². The molecular weight excluding hydrogens is 276 g/mol. The van der Waals surface area contributed by atoms with Crippen molar-refractivity contribution >= 4 is 50.0 Å². The van der Waals surface area contributed by atoms with Gasteiger partial charge in [-0.15, -0.1) is 24.0 Å². The number of benzene rings is 1. The summed E-state index contributed by atoms with van der Waals surface area (Å²) in [5, 5.41) is 4.33. The molecule has 0 N–H and O–H groups in total. The van der Waals surface area contributed by atoms with Crippen LogP contribution in [0.4, 0.5) is 0 Å². The van der Waals surface area contributed by atoms with Crippen molar-refractivity contribution in [2.45, 2.75) is 23.6 Å². The van der Waals surface area contributed by atoms with E-state index in [1.54, 1.807) is 11.3 Å². The summed E-state index contributed by atoms with van der Waals surface area (Å²) < 4.78 is 1.33. The van der Waals surface area contributed by atoms with E-state index in [0.29, 0.717) is 0 Å². The number of alkyl halides is 1. The summed E-state index contributed by atoms with van der Waals surface area (Å²) in [6.45, 7) is 2.18. The smallest absolute Gasteiger partial charge is 0.0357 e. The van der Waals surface area contributed by atoms with E-state index in [0.717, 1.165) is 16.6 Å². The van der Waals surface area contributed by atoms with Crippen LogP contribution >= 0.6 is 39.9 Å². The van der Waals surface area contributed by atoms with Crippen molar-refractivity contribution in [1.29, 1.82) is 0 Å². The second-order valence-electron chi connectivity index (χ2n) is 3.18. The summed E-state index contributed by atoms with van der Waals surface area (Å²) >= 11 is 9.93. The zero-order valence-corrected chi connectivity index (χ0v) is 11.2. The molecule has 74 valence electrons. The first kappa shape index (κ1) is 10.5. The standard InChI is InChI=1S/C11H11BrS2/c1-2-8-7(6-12)5-10-9(11(8)13)3-4-14-10/h3-5,13H,2,6H2,1H3. The lowest BCUT2D eigenvalue weighted by Crippen LogP contribution is -1.91. The molecule has 14 heavy (non-hydrogen) atoms. The molecule has 0 fully saturated rings. The minimum absolute atomic E-state index is 0.914. The SMILES string of the molecule is CCc1c(CBr)cc2sccc2c1S. The molecule has 3 heteroatoms. The minimum atomic E-state index is 0.914. The topological polar surface area (TPSA) is 0 Å². The van der Waals surface area contributed by atoms with Crippen LogP contribution in [0.5, 0.6) is 0 Å². The van der Waals surface area contributed by atoms with Crippen molar-refractivity contribution in [3.63, 3.8) is 0 Å². The van der Waals surface area contributed by atoms with E-state index in [-0.39, 0.29) is 0 Å². The normalized spacial score (nSPS) is 11.1. The Balaban J connectivity index is 2.79. The first-order chi connectivity index (χ1) is 6.77. The Hall–Kier alpha value is 0.01000. The van der Waals surface area contributed by atoms with Gasteiger partial charge in [-0.05, 0) is 35.1 Å². The molecule has 1 aromatic carbocycles. The van der Waals surface area contributed by atoms with Gasteiger partial charge in [0.2, 0.25) is 0 Å². The zero-order valence-electron chi connectivity index (χ0n) is 7.88. The number of thiophene rings is 1. The third-order valence-corrected chi connectivity index (χ3v) is 4.41. The molecule has 0 spiro atoms. The van der Waals surface area contributed by atoms with Gasteiger partial charge in [-0.1, -0.05) is 22.9 Å². The minimum Gasteiger partial charge on any atom is -0.144 e. The molecule has 0 radical (unpaired) electrons. The molecule has 0 aliphatic rings. The maximum atomic E-state index is 4.62.